The molecule has 0 spiro atoms. The highest BCUT2D eigenvalue weighted by Crippen LogP contribution is 2.24. The van der Waals surface area contributed by atoms with E-state index >= 15 is 0 Å². The highest BCUT2D eigenvalue weighted by Gasteiger charge is 2.10. The number of para-hydroxylation sites is 1. The van der Waals surface area contributed by atoms with Gasteiger partial charge in [-0.15, -0.1) is 0 Å². The van der Waals surface area contributed by atoms with Crippen molar-refractivity contribution in [2.45, 2.75) is 44.6 Å². The van der Waals surface area contributed by atoms with Crippen LogP contribution in [-0.2, 0) is 31.3 Å². The van der Waals surface area contributed by atoms with Gasteiger partial charge in [-0.25, -0.2) is 0 Å². The fourth-order valence-electron chi connectivity index (χ4n) is 3.92. The largest absolute Gasteiger partial charge is 0.378 e. The van der Waals surface area contributed by atoms with Gasteiger partial charge in [0.05, 0.1) is 38.8 Å². The van der Waals surface area contributed by atoms with Crippen LogP contribution in [0.3, 0.4) is 0 Å². The van der Waals surface area contributed by atoms with Crippen molar-refractivity contribution in [3.05, 3.63) is 99.2 Å². The van der Waals surface area contributed by atoms with E-state index in [9.17, 15) is 9.00 Å². The molecule has 2 aromatic heterocycles. The van der Waals surface area contributed by atoms with E-state index in [0.717, 1.165) is 39.3 Å². The highest BCUT2D eigenvalue weighted by atomic mass is 32.2. The van der Waals surface area contributed by atoms with Crippen LogP contribution in [0.15, 0.2) is 70.6 Å². The minimum Gasteiger partial charge on any atom is -0.378 e. The molecule has 3 aromatic rings. The maximum atomic E-state index is 13.3. The molecule has 0 aliphatic heterocycles. The molecule has 1 aromatic carbocycles. The summed E-state index contributed by atoms with van der Waals surface area (Å²) in [7, 11) is 2.50. The van der Waals surface area contributed by atoms with Gasteiger partial charge in [0, 0.05) is 38.2 Å². The number of benzene rings is 1. The van der Waals surface area contributed by atoms with E-state index in [0.29, 0.717) is 12.1 Å². The second-order valence-corrected chi connectivity index (χ2v) is 10.2. The number of rotatable bonds is 6. The molecule has 0 radical (unpaired) electrons. The van der Waals surface area contributed by atoms with Gasteiger partial charge in [0.15, 0.2) is 0 Å². The topological polar surface area (TPSA) is 68.9 Å². The molecule has 1 N–H and O–H groups in total. The summed E-state index contributed by atoms with van der Waals surface area (Å²) >= 11 is 0. The summed E-state index contributed by atoms with van der Waals surface area (Å²) in [5.41, 5.74) is 4.91. The number of aryl methyl sites for hydroxylation is 3. The maximum absolute atomic E-state index is 13.3. The van der Waals surface area contributed by atoms with Crippen LogP contribution in [0.4, 0.5) is 5.69 Å². The molecule has 0 saturated heterocycles. The molecule has 7 heteroatoms. The second kappa shape index (κ2) is 12.4. The van der Waals surface area contributed by atoms with Crippen LogP contribution in [-0.4, -0.2) is 24.8 Å². The van der Waals surface area contributed by atoms with Crippen molar-refractivity contribution in [1.82, 2.24) is 14.3 Å². The third-order valence-corrected chi connectivity index (χ3v) is 6.77. The third-order valence-electron chi connectivity index (χ3n) is 5.80. The maximum Gasteiger partial charge on any atom is 0.254 e. The molecular formula is C29H34N4O2S. The summed E-state index contributed by atoms with van der Waals surface area (Å²) in [4.78, 5) is 14.1. The predicted molar refractivity (Wildman–Crippen MR) is 148 cm³/mol. The average Bonchev–Trinajstić information content (AvgIpc) is 3.26. The van der Waals surface area contributed by atoms with E-state index < -0.39 is 10.8 Å². The second-order valence-electron chi connectivity index (χ2n) is 8.86. The lowest BCUT2D eigenvalue weighted by atomic mass is 10.1. The Labute approximate surface area is 216 Å². The molecule has 0 bridgehead atoms. The Morgan fingerprint density at radius 2 is 1.86 bits per heavy atom. The Bertz CT molecular complexity index is 1440. The minimum atomic E-state index is -1.11. The van der Waals surface area contributed by atoms with E-state index in [1.807, 2.05) is 62.6 Å². The van der Waals surface area contributed by atoms with E-state index in [2.05, 4.69) is 42.2 Å². The third kappa shape index (κ3) is 6.96. The normalized spacial score (nSPS) is 12.2. The van der Waals surface area contributed by atoms with E-state index in [1.165, 1.54) is 0 Å². The molecule has 6 nitrogen and oxygen atoms in total. The first-order chi connectivity index (χ1) is 17.2. The Morgan fingerprint density at radius 1 is 1.11 bits per heavy atom. The van der Waals surface area contributed by atoms with Gasteiger partial charge >= 0.3 is 0 Å². The van der Waals surface area contributed by atoms with Crippen LogP contribution in [0.5, 0.6) is 0 Å². The van der Waals surface area contributed by atoms with Crippen molar-refractivity contribution in [3.63, 3.8) is 0 Å². The zero-order valence-corrected chi connectivity index (χ0v) is 22.6. The fraction of sp³-hybridized carbons (Fsp3) is 0.310. The number of nitrogens with zero attached hydrogens (tertiary/aromatic N) is 3. The number of hydrogen-bond acceptors (Lipinski definition) is 4. The first-order valence-electron chi connectivity index (χ1n) is 12.0. The summed E-state index contributed by atoms with van der Waals surface area (Å²) in [5.74, 6) is 6.28. The molecule has 1 unspecified atom stereocenters. The molecule has 2 atom stereocenters. The monoisotopic (exact) mass is 502 g/mol. The lowest BCUT2D eigenvalue weighted by molar-refractivity contribution is 0.686. The molecule has 0 amide bonds. The van der Waals surface area contributed by atoms with Gasteiger partial charge in [0.25, 0.3) is 5.56 Å². The lowest BCUT2D eigenvalue weighted by Gasteiger charge is -2.18. The standard InChI is InChI=1S/C29H34N4O2S/c1-7-10-25-18-21(2)17-24(22(3)31-27-11-8-9-12-28(27)36(6)35)14-16-26(33(5)29(25)34)15-13-23-19-30-32(4)20-23/h8-9,11-12,14,16-20,22,31H,7,10H2,1-6H3/t22-,36?/m1/s1. The smallest absolute Gasteiger partial charge is 0.254 e. The fourth-order valence-corrected chi connectivity index (χ4v) is 4.63. The highest BCUT2D eigenvalue weighted by molar-refractivity contribution is 7.84. The van der Waals surface area contributed by atoms with Crippen molar-refractivity contribution in [2.24, 2.45) is 14.1 Å². The van der Waals surface area contributed by atoms with E-state index in [1.54, 1.807) is 28.7 Å². The van der Waals surface area contributed by atoms with Gasteiger partial charge in [0.1, 0.15) is 0 Å². The lowest BCUT2D eigenvalue weighted by Crippen LogP contribution is -2.21. The summed E-state index contributed by atoms with van der Waals surface area (Å²) < 4.78 is 15.5. The van der Waals surface area contributed by atoms with Gasteiger partial charge in [-0.3, -0.25) is 13.7 Å². The molecule has 188 valence electrons. The van der Waals surface area contributed by atoms with Crippen molar-refractivity contribution in [3.8, 4) is 11.8 Å². The van der Waals surface area contributed by atoms with Gasteiger partial charge < -0.3 is 9.88 Å². The van der Waals surface area contributed by atoms with E-state index in [-0.39, 0.29) is 11.6 Å². The van der Waals surface area contributed by atoms with Crippen LogP contribution in [0.2, 0.25) is 0 Å². The van der Waals surface area contributed by atoms with E-state index in [4.69, 9.17) is 0 Å². The Morgan fingerprint density at radius 3 is 2.53 bits per heavy atom. The van der Waals surface area contributed by atoms with Crippen molar-refractivity contribution < 1.29 is 4.21 Å². The SMILES string of the molecule is CCCc1cc(C)cc([C@@H](C)Nc2ccccc2S(C)=O)ccc(C#Cc2cnn(C)c2)n(C)c1=O. The zero-order valence-electron chi connectivity index (χ0n) is 21.8. The van der Waals surface area contributed by atoms with Crippen molar-refractivity contribution in [1.29, 1.82) is 0 Å². The van der Waals surface area contributed by atoms with Crippen LogP contribution >= 0.6 is 0 Å². The van der Waals surface area contributed by atoms with Crippen LogP contribution in [0, 0.1) is 18.8 Å². The summed E-state index contributed by atoms with van der Waals surface area (Å²) in [5, 5.41) is 7.68. The van der Waals surface area contributed by atoms with Gasteiger partial charge in [0.2, 0.25) is 0 Å². The first-order valence-corrected chi connectivity index (χ1v) is 13.5. The molecule has 36 heavy (non-hydrogen) atoms. The Balaban J connectivity index is 2.19. The summed E-state index contributed by atoms with van der Waals surface area (Å²) in [6.07, 6.45) is 6.77. The van der Waals surface area contributed by atoms with Crippen LogP contribution in [0.1, 0.15) is 54.3 Å². The number of nitrogens with one attached hydrogen (secondary N) is 1. The quantitative estimate of drug-likeness (QED) is 0.491. The van der Waals surface area contributed by atoms with Crippen molar-refractivity contribution >= 4 is 16.5 Å². The molecule has 2 heterocycles. The van der Waals surface area contributed by atoms with Crippen LogP contribution < -0.4 is 10.9 Å². The van der Waals surface area contributed by atoms with Crippen LogP contribution in [0.25, 0.3) is 0 Å². The number of anilines is 1. The molecule has 0 aliphatic rings. The Kier molecular flexibility index (Phi) is 9.26. The zero-order chi connectivity index (χ0) is 26.2. The molecular weight excluding hydrogens is 468 g/mol. The number of hydrogen-bond donors (Lipinski definition) is 1. The number of aromatic nitrogens is 3. The van der Waals surface area contributed by atoms with Gasteiger partial charge in [-0.05, 0) is 50.0 Å². The minimum absolute atomic E-state index is 0.0567. The molecule has 3 rings (SSSR count). The van der Waals surface area contributed by atoms with Crippen molar-refractivity contribution in [2.75, 3.05) is 11.6 Å². The summed E-state index contributed by atoms with van der Waals surface area (Å²) in [6, 6.07) is 15.5. The molecule has 0 saturated carbocycles. The van der Waals surface area contributed by atoms with Gasteiger partial charge in [-0.2, -0.15) is 5.10 Å². The molecule has 0 fully saturated rings. The average molecular weight is 503 g/mol. The Hall–Kier alpha value is -3.63. The van der Waals surface area contributed by atoms with Gasteiger partial charge in [-0.1, -0.05) is 55.2 Å². The molecule has 0 aliphatic carbocycles. The first kappa shape index (κ1) is 27.0. The summed E-state index contributed by atoms with van der Waals surface area (Å²) in [6.45, 7) is 6.14. The predicted octanol–water partition coefficient (Wildman–Crippen LogP) is 4.81.